The lowest BCUT2D eigenvalue weighted by atomic mass is 9.84. The fourth-order valence-corrected chi connectivity index (χ4v) is 6.68. The number of carbonyl (C=O) groups excluding carboxylic acids is 3. The average molecular weight is 574 g/mol. The molecule has 224 valence electrons. The van der Waals surface area contributed by atoms with Crippen LogP contribution in [0.15, 0.2) is 6.07 Å². The molecule has 0 saturated carbocycles. The predicted octanol–water partition coefficient (Wildman–Crippen LogP) is 4.44. The van der Waals surface area contributed by atoms with Crippen LogP contribution in [0.4, 0.5) is 13.6 Å². The van der Waals surface area contributed by atoms with Crippen molar-refractivity contribution >= 4 is 28.8 Å². The molecule has 0 radical (unpaired) electrons. The van der Waals surface area contributed by atoms with Gasteiger partial charge >= 0.3 is 6.09 Å². The number of aryl methyl sites for hydroxylation is 1. The summed E-state index contributed by atoms with van der Waals surface area (Å²) in [5, 5.41) is 6.98. The zero-order valence-electron chi connectivity index (χ0n) is 24.6. The van der Waals surface area contributed by atoms with E-state index >= 15 is 8.78 Å². The van der Waals surface area contributed by atoms with Crippen LogP contribution in [0.2, 0.25) is 0 Å². The quantitative estimate of drug-likeness (QED) is 0.544. The molecule has 41 heavy (non-hydrogen) atoms. The summed E-state index contributed by atoms with van der Waals surface area (Å²) in [5.41, 5.74) is 0.0685. The van der Waals surface area contributed by atoms with E-state index in [0.717, 1.165) is 26.1 Å². The summed E-state index contributed by atoms with van der Waals surface area (Å²) in [5.74, 6) is -2.27. The molecule has 3 aliphatic heterocycles. The lowest BCUT2D eigenvalue weighted by Crippen LogP contribution is -2.48. The second kappa shape index (κ2) is 11.3. The molecule has 3 atom stereocenters. The molecule has 2 aromatic rings. The lowest BCUT2D eigenvalue weighted by Gasteiger charge is -2.41. The number of hydrogen-bond donors (Lipinski definition) is 1. The van der Waals surface area contributed by atoms with Gasteiger partial charge in [0.1, 0.15) is 16.9 Å². The number of piperidine rings is 3. The van der Waals surface area contributed by atoms with Crippen molar-refractivity contribution in [1.82, 2.24) is 24.9 Å². The third kappa shape index (κ3) is 6.10. The largest absolute Gasteiger partial charge is 0.444 e. The summed E-state index contributed by atoms with van der Waals surface area (Å²) in [6.07, 6.45) is 2.35. The number of fused-ring (bicyclic) bond motifs is 1. The van der Waals surface area contributed by atoms with Gasteiger partial charge in [0.25, 0.3) is 0 Å². The maximum Gasteiger partial charge on any atom is 0.410 e. The summed E-state index contributed by atoms with van der Waals surface area (Å²) in [7, 11) is 1.60. The van der Waals surface area contributed by atoms with E-state index in [1.165, 1.54) is 10.7 Å². The first-order valence-corrected chi connectivity index (χ1v) is 14.7. The number of imide groups is 1. The SMILES string of the molecule is C[C@@H]1CN(C(=O)OC(C)(C)C)CC[C@@H]1CN1CCC(c2c(F)cc3c(C4CCC(=O)NC4=O)nn(C)c3c2F)CC1. The first kappa shape index (κ1) is 29.4. The molecule has 0 spiro atoms. The maximum atomic E-state index is 15.9. The molecule has 9 nitrogen and oxygen atoms in total. The standard InChI is InChI=1S/C30H41F2N5O4/c1-17-15-37(29(40)41-30(2,3)4)13-10-19(17)16-36-11-8-18(9-12-36)24-22(31)14-21-26(34-35(5)27(21)25(24)32)20-6-7-23(38)33-28(20)39/h14,17-20H,6-13,15-16H2,1-5H3,(H,33,38,39)/t17-,19-,20?/m1/s1. The smallest absolute Gasteiger partial charge is 0.410 e. The highest BCUT2D eigenvalue weighted by atomic mass is 19.1. The normalized spacial score (nSPS) is 25.0. The fraction of sp³-hybridized carbons (Fsp3) is 0.667. The Hall–Kier alpha value is -3.08. The van der Waals surface area contributed by atoms with Crippen molar-refractivity contribution in [3.05, 3.63) is 29.0 Å². The molecule has 1 unspecified atom stereocenters. The molecule has 1 aromatic heterocycles. The van der Waals surface area contributed by atoms with E-state index in [1.807, 2.05) is 20.8 Å². The van der Waals surface area contributed by atoms with E-state index in [4.69, 9.17) is 4.74 Å². The topological polar surface area (TPSA) is 96.8 Å². The Morgan fingerprint density at radius 3 is 2.46 bits per heavy atom. The van der Waals surface area contributed by atoms with Crippen LogP contribution in [-0.2, 0) is 21.4 Å². The van der Waals surface area contributed by atoms with Gasteiger partial charge in [0.2, 0.25) is 11.8 Å². The Morgan fingerprint density at radius 1 is 1.12 bits per heavy atom. The van der Waals surface area contributed by atoms with Crippen molar-refractivity contribution in [3.63, 3.8) is 0 Å². The van der Waals surface area contributed by atoms with E-state index in [1.54, 1.807) is 11.9 Å². The summed E-state index contributed by atoms with van der Waals surface area (Å²) in [6, 6.07) is 1.31. The number of benzene rings is 1. The molecule has 3 saturated heterocycles. The Morgan fingerprint density at radius 2 is 1.83 bits per heavy atom. The van der Waals surface area contributed by atoms with Crippen molar-refractivity contribution in [2.24, 2.45) is 18.9 Å². The van der Waals surface area contributed by atoms with Crippen LogP contribution in [-0.4, -0.2) is 75.8 Å². The van der Waals surface area contributed by atoms with Crippen LogP contribution in [0.3, 0.4) is 0 Å². The van der Waals surface area contributed by atoms with Crippen LogP contribution in [0, 0.1) is 23.5 Å². The van der Waals surface area contributed by atoms with Gasteiger partial charge in [-0.05, 0) is 83.4 Å². The molecule has 5 rings (SSSR count). The van der Waals surface area contributed by atoms with Gasteiger partial charge < -0.3 is 14.5 Å². The molecule has 11 heteroatoms. The second-order valence-corrected chi connectivity index (χ2v) is 13.0. The third-order valence-corrected chi connectivity index (χ3v) is 8.88. The molecule has 3 fully saturated rings. The number of amides is 3. The lowest BCUT2D eigenvalue weighted by molar-refractivity contribution is -0.134. The highest BCUT2D eigenvalue weighted by Crippen LogP contribution is 2.39. The van der Waals surface area contributed by atoms with Crippen molar-refractivity contribution in [3.8, 4) is 0 Å². The summed E-state index contributed by atoms with van der Waals surface area (Å²) < 4.78 is 38.4. The highest BCUT2D eigenvalue weighted by molar-refractivity contribution is 6.02. The van der Waals surface area contributed by atoms with Gasteiger partial charge in [-0.15, -0.1) is 0 Å². The zero-order valence-corrected chi connectivity index (χ0v) is 24.6. The number of nitrogens with one attached hydrogen (secondary N) is 1. The minimum Gasteiger partial charge on any atom is -0.444 e. The minimum absolute atomic E-state index is 0.0917. The van der Waals surface area contributed by atoms with Gasteiger partial charge in [-0.3, -0.25) is 19.6 Å². The van der Waals surface area contributed by atoms with E-state index < -0.39 is 29.1 Å². The first-order chi connectivity index (χ1) is 19.3. The molecular formula is C30H41F2N5O4. The number of carbonyl (C=O) groups is 3. The molecule has 1 N–H and O–H groups in total. The average Bonchev–Trinajstić information content (AvgIpc) is 3.20. The van der Waals surface area contributed by atoms with E-state index in [2.05, 4.69) is 22.2 Å². The van der Waals surface area contributed by atoms with Gasteiger partial charge in [-0.2, -0.15) is 5.10 Å². The number of likely N-dealkylation sites (tertiary alicyclic amines) is 2. The molecular weight excluding hydrogens is 532 g/mol. The number of ether oxygens (including phenoxy) is 1. The van der Waals surface area contributed by atoms with Gasteiger partial charge in [-0.25, -0.2) is 13.6 Å². The van der Waals surface area contributed by atoms with Crippen molar-refractivity contribution < 1.29 is 27.9 Å². The summed E-state index contributed by atoms with van der Waals surface area (Å²) in [4.78, 5) is 40.7. The summed E-state index contributed by atoms with van der Waals surface area (Å²) in [6.45, 7) is 11.5. The third-order valence-electron chi connectivity index (χ3n) is 8.88. The highest BCUT2D eigenvalue weighted by Gasteiger charge is 2.36. The molecule has 3 amide bonds. The van der Waals surface area contributed by atoms with E-state index in [9.17, 15) is 14.4 Å². The van der Waals surface area contributed by atoms with Crippen LogP contribution in [0.25, 0.3) is 10.9 Å². The molecule has 3 aliphatic rings. The predicted molar refractivity (Wildman–Crippen MR) is 149 cm³/mol. The maximum absolute atomic E-state index is 15.9. The Bertz CT molecular complexity index is 1340. The summed E-state index contributed by atoms with van der Waals surface area (Å²) >= 11 is 0. The van der Waals surface area contributed by atoms with Gasteiger partial charge in [0.05, 0.1) is 11.6 Å². The van der Waals surface area contributed by atoms with Crippen molar-refractivity contribution in [2.75, 3.05) is 32.7 Å². The Labute approximate surface area is 239 Å². The number of hydrogen-bond acceptors (Lipinski definition) is 6. The Balaban J connectivity index is 1.23. The van der Waals surface area contributed by atoms with Crippen LogP contribution < -0.4 is 5.32 Å². The van der Waals surface area contributed by atoms with Crippen LogP contribution in [0.5, 0.6) is 0 Å². The second-order valence-electron chi connectivity index (χ2n) is 13.0. The molecule has 1 aromatic carbocycles. The van der Waals surface area contributed by atoms with Gasteiger partial charge in [-0.1, -0.05) is 6.92 Å². The first-order valence-electron chi connectivity index (χ1n) is 14.7. The number of nitrogens with zero attached hydrogens (tertiary/aromatic N) is 4. The van der Waals surface area contributed by atoms with Gasteiger partial charge in [0.15, 0.2) is 5.82 Å². The van der Waals surface area contributed by atoms with Gasteiger partial charge in [0, 0.05) is 44.1 Å². The minimum atomic E-state index is -0.720. The molecule has 0 bridgehead atoms. The monoisotopic (exact) mass is 573 g/mol. The zero-order chi connectivity index (χ0) is 29.6. The number of aromatic nitrogens is 2. The van der Waals surface area contributed by atoms with Crippen molar-refractivity contribution in [2.45, 2.75) is 77.2 Å². The molecule has 4 heterocycles. The Kier molecular flexibility index (Phi) is 8.11. The van der Waals surface area contributed by atoms with E-state index in [-0.39, 0.29) is 47.2 Å². The van der Waals surface area contributed by atoms with E-state index in [0.29, 0.717) is 43.5 Å². The molecule has 0 aliphatic carbocycles. The van der Waals surface area contributed by atoms with Crippen LogP contribution >= 0.6 is 0 Å². The van der Waals surface area contributed by atoms with Crippen molar-refractivity contribution in [1.29, 1.82) is 0 Å². The number of rotatable bonds is 4. The van der Waals surface area contributed by atoms with Crippen LogP contribution in [0.1, 0.15) is 82.9 Å². The fourth-order valence-electron chi connectivity index (χ4n) is 6.68. The number of halogens is 2.